The van der Waals surface area contributed by atoms with Crippen LogP contribution >= 0.6 is 11.8 Å². The molecule has 96 valence electrons. The summed E-state index contributed by atoms with van der Waals surface area (Å²) in [6, 6.07) is 5.43. The summed E-state index contributed by atoms with van der Waals surface area (Å²) in [6.07, 6.45) is 0. The van der Waals surface area contributed by atoms with E-state index in [0.29, 0.717) is 10.8 Å². The third-order valence-electron chi connectivity index (χ3n) is 2.43. The molecule has 0 aliphatic rings. The first-order valence-corrected chi connectivity index (χ1v) is 6.48. The van der Waals surface area contributed by atoms with E-state index in [1.54, 1.807) is 31.0 Å². The van der Waals surface area contributed by atoms with E-state index in [-0.39, 0.29) is 5.76 Å². The summed E-state index contributed by atoms with van der Waals surface area (Å²) in [5, 5.41) is 1.19. The molecule has 1 heterocycles. The minimum Gasteiger partial charge on any atom is -0.497 e. The molecule has 5 heteroatoms. The van der Waals surface area contributed by atoms with Crippen molar-refractivity contribution in [1.29, 1.82) is 0 Å². The van der Waals surface area contributed by atoms with E-state index in [2.05, 4.69) is 13.8 Å². The lowest BCUT2D eigenvalue weighted by Gasteiger charge is -2.04. The van der Waals surface area contributed by atoms with Crippen LogP contribution in [0.15, 0.2) is 27.5 Å². The fraction of sp³-hybridized carbons (Fsp3) is 0.308. The SMILES string of the molecule is COc1ccc2oc(C(N)=O)c(SC(C)C)c2c1. The number of rotatable bonds is 4. The largest absolute Gasteiger partial charge is 0.497 e. The van der Waals surface area contributed by atoms with E-state index in [1.807, 2.05) is 6.07 Å². The Morgan fingerprint density at radius 3 is 2.72 bits per heavy atom. The summed E-state index contributed by atoms with van der Waals surface area (Å²) < 4.78 is 10.7. The minimum absolute atomic E-state index is 0.219. The second-order valence-corrected chi connectivity index (χ2v) is 5.74. The van der Waals surface area contributed by atoms with E-state index in [0.717, 1.165) is 16.0 Å². The van der Waals surface area contributed by atoms with Crippen LogP contribution in [-0.4, -0.2) is 18.3 Å². The number of carbonyl (C=O) groups excluding carboxylic acids is 1. The summed E-state index contributed by atoms with van der Waals surface area (Å²) in [7, 11) is 1.60. The normalized spacial score (nSPS) is 11.1. The summed E-state index contributed by atoms with van der Waals surface area (Å²) in [4.78, 5) is 12.2. The van der Waals surface area contributed by atoms with E-state index in [1.165, 1.54) is 0 Å². The third-order valence-corrected chi connectivity index (χ3v) is 3.54. The topological polar surface area (TPSA) is 65.5 Å². The second-order valence-electron chi connectivity index (χ2n) is 4.15. The number of furan rings is 1. The average Bonchev–Trinajstić information content (AvgIpc) is 2.67. The predicted molar refractivity (Wildman–Crippen MR) is 72.3 cm³/mol. The van der Waals surface area contributed by atoms with Crippen LogP contribution in [0.3, 0.4) is 0 Å². The second kappa shape index (κ2) is 4.94. The Morgan fingerprint density at radius 2 is 2.17 bits per heavy atom. The molecule has 0 saturated heterocycles. The lowest BCUT2D eigenvalue weighted by atomic mass is 10.2. The Morgan fingerprint density at radius 1 is 1.44 bits per heavy atom. The van der Waals surface area contributed by atoms with Gasteiger partial charge in [-0.05, 0) is 18.2 Å². The van der Waals surface area contributed by atoms with Gasteiger partial charge in [0.2, 0.25) is 5.76 Å². The maximum Gasteiger partial charge on any atom is 0.285 e. The Kier molecular flexibility index (Phi) is 3.52. The lowest BCUT2D eigenvalue weighted by molar-refractivity contribution is 0.0972. The van der Waals surface area contributed by atoms with Crippen molar-refractivity contribution in [2.24, 2.45) is 5.73 Å². The van der Waals surface area contributed by atoms with E-state index < -0.39 is 5.91 Å². The standard InChI is InChI=1S/C13H15NO3S/c1-7(2)18-12-9-6-8(16-3)4-5-10(9)17-11(12)13(14)15/h4-7H,1-3H3,(H2,14,15). The van der Waals surface area contributed by atoms with Crippen LogP contribution in [0.2, 0.25) is 0 Å². The lowest BCUT2D eigenvalue weighted by Crippen LogP contribution is -2.11. The van der Waals surface area contributed by atoms with Gasteiger partial charge in [-0.15, -0.1) is 11.8 Å². The molecule has 2 N–H and O–H groups in total. The van der Waals surface area contributed by atoms with Crippen molar-refractivity contribution >= 4 is 28.6 Å². The molecule has 1 aromatic heterocycles. The molecule has 0 spiro atoms. The van der Waals surface area contributed by atoms with Crippen LogP contribution in [-0.2, 0) is 0 Å². The number of fused-ring (bicyclic) bond motifs is 1. The highest BCUT2D eigenvalue weighted by molar-refractivity contribution is 8.00. The molecule has 0 saturated carbocycles. The van der Waals surface area contributed by atoms with Crippen LogP contribution in [0.4, 0.5) is 0 Å². The molecule has 0 radical (unpaired) electrons. The third kappa shape index (κ3) is 2.31. The molecular weight excluding hydrogens is 250 g/mol. The Bertz CT molecular complexity index is 589. The smallest absolute Gasteiger partial charge is 0.285 e. The molecule has 4 nitrogen and oxygen atoms in total. The van der Waals surface area contributed by atoms with Gasteiger partial charge in [0.1, 0.15) is 11.3 Å². The minimum atomic E-state index is -0.548. The van der Waals surface area contributed by atoms with E-state index in [4.69, 9.17) is 14.9 Å². The molecule has 0 unspecified atom stereocenters. The number of amides is 1. The maximum atomic E-state index is 11.4. The molecule has 2 aromatic rings. The van der Waals surface area contributed by atoms with Gasteiger partial charge in [-0.2, -0.15) is 0 Å². The van der Waals surface area contributed by atoms with Gasteiger partial charge in [-0.3, -0.25) is 4.79 Å². The molecule has 18 heavy (non-hydrogen) atoms. The molecule has 2 rings (SSSR count). The van der Waals surface area contributed by atoms with Gasteiger partial charge in [-0.1, -0.05) is 13.8 Å². The number of hydrogen-bond donors (Lipinski definition) is 1. The van der Waals surface area contributed by atoms with E-state index in [9.17, 15) is 4.79 Å². The summed E-state index contributed by atoms with van der Waals surface area (Å²) >= 11 is 1.56. The zero-order valence-corrected chi connectivity index (χ0v) is 11.3. The van der Waals surface area contributed by atoms with Gasteiger partial charge >= 0.3 is 0 Å². The summed E-state index contributed by atoms with van der Waals surface area (Å²) in [5.74, 6) is 0.398. The van der Waals surface area contributed by atoms with Crippen molar-refractivity contribution in [3.63, 3.8) is 0 Å². The number of ether oxygens (including phenoxy) is 1. The molecular formula is C13H15NO3S. The number of carbonyl (C=O) groups is 1. The zero-order chi connectivity index (χ0) is 13.3. The summed E-state index contributed by atoms with van der Waals surface area (Å²) in [5.41, 5.74) is 5.99. The summed E-state index contributed by atoms with van der Waals surface area (Å²) in [6.45, 7) is 4.10. The van der Waals surface area contributed by atoms with Gasteiger partial charge < -0.3 is 14.9 Å². The monoisotopic (exact) mass is 265 g/mol. The number of thioether (sulfide) groups is 1. The van der Waals surface area contributed by atoms with Gasteiger partial charge in [0.25, 0.3) is 5.91 Å². The molecule has 0 aliphatic carbocycles. The van der Waals surface area contributed by atoms with Crippen molar-refractivity contribution in [2.75, 3.05) is 7.11 Å². The number of methoxy groups -OCH3 is 1. The highest BCUT2D eigenvalue weighted by Crippen LogP contribution is 2.37. The van der Waals surface area contributed by atoms with Crippen molar-refractivity contribution in [2.45, 2.75) is 24.0 Å². The van der Waals surface area contributed by atoms with Gasteiger partial charge in [0, 0.05) is 10.6 Å². The van der Waals surface area contributed by atoms with Crippen molar-refractivity contribution < 1.29 is 13.9 Å². The first kappa shape index (κ1) is 12.8. The Labute approximate surface area is 109 Å². The Balaban J connectivity index is 2.65. The predicted octanol–water partition coefficient (Wildman–Crippen LogP) is 3.04. The quantitative estimate of drug-likeness (QED) is 0.863. The number of nitrogens with two attached hydrogens (primary N) is 1. The van der Waals surface area contributed by atoms with Crippen LogP contribution in [0.1, 0.15) is 24.4 Å². The van der Waals surface area contributed by atoms with Crippen LogP contribution < -0.4 is 10.5 Å². The Hall–Kier alpha value is -1.62. The highest BCUT2D eigenvalue weighted by Gasteiger charge is 2.20. The zero-order valence-electron chi connectivity index (χ0n) is 10.5. The number of hydrogen-bond acceptors (Lipinski definition) is 4. The van der Waals surface area contributed by atoms with E-state index >= 15 is 0 Å². The first-order chi connectivity index (χ1) is 8.52. The molecule has 0 atom stereocenters. The van der Waals surface area contributed by atoms with Crippen LogP contribution in [0, 0.1) is 0 Å². The maximum absolute atomic E-state index is 11.4. The molecule has 0 aliphatic heterocycles. The molecule has 1 aromatic carbocycles. The average molecular weight is 265 g/mol. The van der Waals surface area contributed by atoms with Crippen molar-refractivity contribution in [3.8, 4) is 5.75 Å². The van der Waals surface area contributed by atoms with Gasteiger partial charge in [-0.25, -0.2) is 0 Å². The van der Waals surface area contributed by atoms with Gasteiger partial charge in [0.05, 0.1) is 12.0 Å². The number of primary amides is 1. The van der Waals surface area contributed by atoms with Crippen molar-refractivity contribution in [1.82, 2.24) is 0 Å². The highest BCUT2D eigenvalue weighted by atomic mass is 32.2. The first-order valence-electron chi connectivity index (χ1n) is 5.60. The molecule has 0 fully saturated rings. The molecule has 1 amide bonds. The van der Waals surface area contributed by atoms with Crippen molar-refractivity contribution in [3.05, 3.63) is 24.0 Å². The fourth-order valence-corrected chi connectivity index (χ4v) is 2.70. The van der Waals surface area contributed by atoms with Crippen LogP contribution in [0.5, 0.6) is 5.75 Å². The van der Waals surface area contributed by atoms with Crippen LogP contribution in [0.25, 0.3) is 11.0 Å². The van der Waals surface area contributed by atoms with Gasteiger partial charge in [0.15, 0.2) is 0 Å². The number of benzene rings is 1. The molecule has 0 bridgehead atoms. The fourth-order valence-electron chi connectivity index (χ4n) is 1.70.